The van der Waals surface area contributed by atoms with E-state index in [1.54, 1.807) is 11.8 Å². The van der Waals surface area contributed by atoms with Crippen LogP contribution in [0.4, 0.5) is 8.78 Å². The Labute approximate surface area is 125 Å². The van der Waals surface area contributed by atoms with E-state index in [0.29, 0.717) is 11.3 Å². The fourth-order valence-electron chi connectivity index (χ4n) is 2.32. The van der Waals surface area contributed by atoms with Crippen LogP contribution in [-0.2, 0) is 0 Å². The quantitative estimate of drug-likeness (QED) is 0.676. The Hall–Kier alpha value is -1.63. The second-order valence-electron chi connectivity index (χ2n) is 4.73. The number of hydrogen-bond donors (Lipinski definition) is 2. The number of para-hydroxylation sites is 1. The van der Waals surface area contributed by atoms with Crippen molar-refractivity contribution in [3.8, 4) is 5.75 Å². The molecule has 0 spiro atoms. The number of nitrogens with two attached hydrogens (primary N) is 1. The van der Waals surface area contributed by atoms with E-state index in [-0.39, 0.29) is 6.10 Å². The highest BCUT2D eigenvalue weighted by molar-refractivity contribution is 7.99. The number of nitrogens with one attached hydrogen (secondary N) is 1. The molecule has 1 aliphatic rings. The number of ether oxygens (including phenoxy) is 1. The highest BCUT2D eigenvalue weighted by atomic mass is 32.2. The average molecular weight is 308 g/mol. The summed E-state index contributed by atoms with van der Waals surface area (Å²) in [7, 11) is 0. The van der Waals surface area contributed by atoms with Gasteiger partial charge in [-0.2, -0.15) is 0 Å². The van der Waals surface area contributed by atoms with Gasteiger partial charge in [0.1, 0.15) is 11.9 Å². The van der Waals surface area contributed by atoms with E-state index < -0.39 is 17.7 Å². The molecule has 2 atom stereocenters. The van der Waals surface area contributed by atoms with Crippen molar-refractivity contribution >= 4 is 11.8 Å². The van der Waals surface area contributed by atoms with Crippen molar-refractivity contribution in [1.29, 1.82) is 0 Å². The zero-order valence-electron chi connectivity index (χ0n) is 11.1. The molecule has 0 radical (unpaired) electrons. The molecule has 2 aromatic rings. The lowest BCUT2D eigenvalue weighted by Crippen LogP contribution is -2.42. The number of hydrogen-bond acceptors (Lipinski definition) is 4. The van der Waals surface area contributed by atoms with Crippen LogP contribution < -0.4 is 16.0 Å². The molecular weight excluding hydrogens is 294 g/mol. The van der Waals surface area contributed by atoms with Gasteiger partial charge in [-0.25, -0.2) is 14.2 Å². The van der Waals surface area contributed by atoms with E-state index in [2.05, 4.69) is 5.43 Å². The second kappa shape index (κ2) is 6.01. The fraction of sp³-hybridized carbons (Fsp3) is 0.200. The summed E-state index contributed by atoms with van der Waals surface area (Å²) in [6.45, 7) is 0. The first-order valence-corrected chi connectivity index (χ1v) is 7.47. The maximum atomic E-state index is 13.4. The maximum Gasteiger partial charge on any atom is 0.159 e. The minimum atomic E-state index is -0.892. The smallest absolute Gasteiger partial charge is 0.159 e. The Kier molecular flexibility index (Phi) is 4.10. The minimum Gasteiger partial charge on any atom is -0.486 e. The molecule has 6 heteroatoms. The van der Waals surface area contributed by atoms with Gasteiger partial charge in [0.25, 0.3) is 0 Å². The van der Waals surface area contributed by atoms with Crippen molar-refractivity contribution < 1.29 is 13.5 Å². The molecular formula is C15H14F2N2OS. The van der Waals surface area contributed by atoms with Crippen LogP contribution in [0.1, 0.15) is 11.6 Å². The summed E-state index contributed by atoms with van der Waals surface area (Å²) in [5.74, 6) is 5.27. The first-order chi connectivity index (χ1) is 10.2. The Morgan fingerprint density at radius 1 is 1.19 bits per heavy atom. The Morgan fingerprint density at radius 3 is 2.76 bits per heavy atom. The number of halogens is 2. The first kappa shape index (κ1) is 14.3. The van der Waals surface area contributed by atoms with E-state index in [1.165, 1.54) is 6.07 Å². The van der Waals surface area contributed by atoms with Crippen molar-refractivity contribution in [3.05, 3.63) is 59.7 Å². The third-order valence-electron chi connectivity index (χ3n) is 3.38. The van der Waals surface area contributed by atoms with Gasteiger partial charge < -0.3 is 4.74 Å². The summed E-state index contributed by atoms with van der Waals surface area (Å²) < 4.78 is 32.4. The largest absolute Gasteiger partial charge is 0.486 e. The summed E-state index contributed by atoms with van der Waals surface area (Å²) in [4.78, 5) is 1.06. The van der Waals surface area contributed by atoms with Crippen molar-refractivity contribution in [3.63, 3.8) is 0 Å². The lowest BCUT2D eigenvalue weighted by molar-refractivity contribution is 0.166. The van der Waals surface area contributed by atoms with Gasteiger partial charge in [0.2, 0.25) is 0 Å². The summed E-state index contributed by atoms with van der Waals surface area (Å²) in [5.41, 5.74) is 3.19. The van der Waals surface area contributed by atoms with Gasteiger partial charge in [0.15, 0.2) is 11.6 Å². The fourth-order valence-corrected chi connectivity index (χ4v) is 3.36. The molecule has 0 amide bonds. The molecule has 2 aromatic carbocycles. The van der Waals surface area contributed by atoms with Crippen LogP contribution in [0.2, 0.25) is 0 Å². The Bertz CT molecular complexity index is 653. The molecule has 3 rings (SSSR count). The zero-order valence-corrected chi connectivity index (χ0v) is 11.9. The molecule has 0 saturated heterocycles. The van der Waals surface area contributed by atoms with E-state index in [4.69, 9.17) is 10.6 Å². The van der Waals surface area contributed by atoms with Crippen molar-refractivity contribution in [2.24, 2.45) is 5.84 Å². The van der Waals surface area contributed by atoms with Crippen LogP contribution in [0.3, 0.4) is 0 Å². The standard InChI is InChI=1S/C15H14F2N2OS/c16-10-6-5-9(7-11(10)17)15(19-18)13-8-21-14-4-2-1-3-12(14)20-13/h1-7,13,15,19H,8,18H2. The average Bonchev–Trinajstić information content (AvgIpc) is 2.51. The lowest BCUT2D eigenvalue weighted by Gasteiger charge is -2.31. The molecule has 0 fully saturated rings. The van der Waals surface area contributed by atoms with E-state index in [0.717, 1.165) is 22.8 Å². The molecule has 21 heavy (non-hydrogen) atoms. The van der Waals surface area contributed by atoms with Crippen LogP contribution in [0.5, 0.6) is 5.75 Å². The molecule has 1 aliphatic heterocycles. The van der Waals surface area contributed by atoms with Gasteiger partial charge in [-0.1, -0.05) is 18.2 Å². The molecule has 0 aliphatic carbocycles. The molecule has 0 bridgehead atoms. The number of rotatable bonds is 3. The van der Waals surface area contributed by atoms with Crippen LogP contribution >= 0.6 is 11.8 Å². The topological polar surface area (TPSA) is 47.3 Å². The molecule has 2 unspecified atom stereocenters. The second-order valence-corrected chi connectivity index (χ2v) is 5.79. The van der Waals surface area contributed by atoms with Crippen LogP contribution in [0.25, 0.3) is 0 Å². The summed E-state index contributed by atoms with van der Waals surface area (Å²) in [5, 5.41) is 0. The van der Waals surface area contributed by atoms with Gasteiger partial charge >= 0.3 is 0 Å². The third-order valence-corrected chi connectivity index (χ3v) is 4.53. The minimum absolute atomic E-state index is 0.264. The molecule has 110 valence electrons. The highest BCUT2D eigenvalue weighted by Crippen LogP contribution is 2.38. The van der Waals surface area contributed by atoms with Gasteiger partial charge in [-0.05, 0) is 29.8 Å². The van der Waals surface area contributed by atoms with E-state index >= 15 is 0 Å². The summed E-state index contributed by atoms with van der Waals surface area (Å²) >= 11 is 1.65. The van der Waals surface area contributed by atoms with Crippen LogP contribution in [0.15, 0.2) is 47.4 Å². The van der Waals surface area contributed by atoms with Gasteiger partial charge in [-0.15, -0.1) is 11.8 Å². The molecule has 1 heterocycles. The van der Waals surface area contributed by atoms with E-state index in [1.807, 2.05) is 24.3 Å². The Morgan fingerprint density at radius 2 is 2.00 bits per heavy atom. The highest BCUT2D eigenvalue weighted by Gasteiger charge is 2.29. The molecule has 0 saturated carbocycles. The SMILES string of the molecule is NNC(c1ccc(F)c(F)c1)C1CSc2ccccc2O1. The normalized spacial score (nSPS) is 18.7. The molecule has 0 aromatic heterocycles. The van der Waals surface area contributed by atoms with Crippen molar-refractivity contribution in [2.75, 3.05) is 5.75 Å². The number of fused-ring (bicyclic) bond motifs is 1. The zero-order chi connectivity index (χ0) is 14.8. The van der Waals surface area contributed by atoms with Crippen LogP contribution in [0, 0.1) is 11.6 Å². The predicted octanol–water partition coefficient (Wildman–Crippen LogP) is 3.02. The van der Waals surface area contributed by atoms with Crippen molar-refractivity contribution in [2.45, 2.75) is 17.0 Å². The number of benzene rings is 2. The van der Waals surface area contributed by atoms with Gasteiger partial charge in [0.05, 0.1) is 6.04 Å². The molecule has 3 nitrogen and oxygen atoms in total. The Balaban J connectivity index is 1.86. The van der Waals surface area contributed by atoms with E-state index in [9.17, 15) is 8.78 Å². The number of hydrazine groups is 1. The predicted molar refractivity (Wildman–Crippen MR) is 78.0 cm³/mol. The van der Waals surface area contributed by atoms with Crippen LogP contribution in [-0.4, -0.2) is 11.9 Å². The lowest BCUT2D eigenvalue weighted by atomic mass is 10.0. The van der Waals surface area contributed by atoms with Gasteiger partial charge in [-0.3, -0.25) is 5.84 Å². The third kappa shape index (κ3) is 2.88. The maximum absolute atomic E-state index is 13.4. The summed E-state index contributed by atoms with van der Waals surface area (Å²) in [6, 6.07) is 11.0. The monoisotopic (exact) mass is 308 g/mol. The first-order valence-electron chi connectivity index (χ1n) is 6.48. The summed E-state index contributed by atoms with van der Waals surface area (Å²) in [6.07, 6.45) is -0.264. The van der Waals surface area contributed by atoms with Gasteiger partial charge in [0, 0.05) is 10.6 Å². The molecule has 3 N–H and O–H groups in total. The number of thioether (sulfide) groups is 1. The van der Waals surface area contributed by atoms with Crippen molar-refractivity contribution in [1.82, 2.24) is 5.43 Å².